The van der Waals surface area contributed by atoms with Gasteiger partial charge in [-0.1, -0.05) is 85.5 Å². The predicted octanol–water partition coefficient (Wildman–Crippen LogP) is 5.71. The highest BCUT2D eigenvalue weighted by Crippen LogP contribution is 2.31. The van der Waals surface area contributed by atoms with E-state index in [-0.39, 0.29) is 23.4 Å². The van der Waals surface area contributed by atoms with E-state index in [1.54, 1.807) is 50.2 Å². The molecule has 1 N–H and O–H groups in total. The van der Waals surface area contributed by atoms with Crippen LogP contribution in [0.5, 0.6) is 0 Å². The van der Waals surface area contributed by atoms with Crippen molar-refractivity contribution in [1.82, 2.24) is 10.2 Å². The largest absolute Gasteiger partial charge is 0.352 e. The highest BCUT2D eigenvalue weighted by Gasteiger charge is 2.34. The van der Waals surface area contributed by atoms with Gasteiger partial charge in [0.25, 0.3) is 10.0 Å². The minimum absolute atomic E-state index is 0.0554. The zero-order valence-electron chi connectivity index (χ0n) is 22.9. The van der Waals surface area contributed by atoms with E-state index in [1.165, 1.54) is 17.0 Å². The second-order valence-electron chi connectivity index (χ2n) is 10.2. The molecule has 0 radical (unpaired) electrons. The molecule has 0 aliphatic heterocycles. The summed E-state index contributed by atoms with van der Waals surface area (Å²) < 4.78 is 28.9. The Kier molecular flexibility index (Phi) is 9.87. The van der Waals surface area contributed by atoms with Crippen LogP contribution < -0.4 is 9.62 Å². The summed E-state index contributed by atoms with van der Waals surface area (Å²) in [6, 6.07) is 21.6. The Labute approximate surface area is 242 Å². The summed E-state index contributed by atoms with van der Waals surface area (Å²) in [4.78, 5) is 28.9. The number of nitrogens with one attached hydrogen (secondary N) is 1. The zero-order chi connectivity index (χ0) is 28.7. The van der Waals surface area contributed by atoms with Crippen molar-refractivity contribution in [3.8, 4) is 0 Å². The predicted molar refractivity (Wildman–Crippen MR) is 159 cm³/mol. The summed E-state index contributed by atoms with van der Waals surface area (Å²) in [5, 5.41) is 3.50. The molecule has 7 nitrogen and oxygen atoms in total. The summed E-state index contributed by atoms with van der Waals surface area (Å²) in [6.45, 7) is 3.08. The molecule has 0 spiro atoms. The molecule has 4 rings (SSSR count). The van der Waals surface area contributed by atoms with Crippen LogP contribution in [0.25, 0.3) is 0 Å². The Morgan fingerprint density at radius 2 is 1.55 bits per heavy atom. The maximum atomic E-state index is 14.1. The Hall–Kier alpha value is -3.36. The number of carbonyl (C=O) groups is 2. The molecule has 9 heteroatoms. The van der Waals surface area contributed by atoms with Crippen LogP contribution >= 0.6 is 11.6 Å². The van der Waals surface area contributed by atoms with Crippen molar-refractivity contribution in [2.75, 3.05) is 10.8 Å². The lowest BCUT2D eigenvalue weighted by Crippen LogP contribution is -2.53. The van der Waals surface area contributed by atoms with E-state index < -0.39 is 28.5 Å². The lowest BCUT2D eigenvalue weighted by Gasteiger charge is -2.33. The molecule has 0 saturated heterocycles. The van der Waals surface area contributed by atoms with E-state index in [0.717, 1.165) is 42.0 Å². The quantitative estimate of drug-likeness (QED) is 0.332. The SMILES string of the molecule is Cc1c(Cl)cccc1N(CC(=O)N(Cc1ccccc1)[C@H](C)C(=O)NC1CCCCC1)S(=O)(=O)c1ccccc1. The number of carbonyl (C=O) groups excluding carboxylic acids is 2. The Morgan fingerprint density at radius 3 is 2.20 bits per heavy atom. The van der Waals surface area contributed by atoms with Crippen LogP contribution in [0, 0.1) is 6.92 Å². The average Bonchev–Trinajstić information content (AvgIpc) is 2.97. The van der Waals surface area contributed by atoms with Crippen molar-refractivity contribution in [2.45, 2.75) is 69.5 Å². The number of hydrogen-bond acceptors (Lipinski definition) is 4. The maximum absolute atomic E-state index is 14.1. The second kappa shape index (κ2) is 13.3. The molecule has 1 saturated carbocycles. The number of halogens is 1. The van der Waals surface area contributed by atoms with Crippen molar-refractivity contribution in [3.05, 3.63) is 95.0 Å². The number of nitrogens with zero attached hydrogens (tertiary/aromatic N) is 2. The molecule has 0 unspecified atom stereocenters. The van der Waals surface area contributed by atoms with E-state index in [4.69, 9.17) is 11.6 Å². The van der Waals surface area contributed by atoms with E-state index >= 15 is 0 Å². The van der Waals surface area contributed by atoms with Gasteiger partial charge >= 0.3 is 0 Å². The summed E-state index contributed by atoms with van der Waals surface area (Å²) in [5.41, 5.74) is 1.68. The Morgan fingerprint density at radius 1 is 0.925 bits per heavy atom. The zero-order valence-corrected chi connectivity index (χ0v) is 24.5. The van der Waals surface area contributed by atoms with Gasteiger partial charge in [-0.3, -0.25) is 13.9 Å². The molecule has 2 amide bonds. The van der Waals surface area contributed by atoms with Crippen LogP contribution in [0.15, 0.2) is 83.8 Å². The van der Waals surface area contributed by atoms with Crippen molar-refractivity contribution in [2.24, 2.45) is 0 Å². The summed E-state index contributed by atoms with van der Waals surface area (Å²) in [5.74, 6) is -0.735. The van der Waals surface area contributed by atoms with E-state index in [2.05, 4.69) is 5.32 Å². The van der Waals surface area contributed by atoms with Gasteiger partial charge < -0.3 is 10.2 Å². The first-order valence-corrected chi connectivity index (χ1v) is 15.5. The molecule has 0 bridgehead atoms. The molecule has 1 aliphatic carbocycles. The summed E-state index contributed by atoms with van der Waals surface area (Å²) in [6.07, 6.45) is 5.13. The smallest absolute Gasteiger partial charge is 0.264 e. The first-order valence-electron chi connectivity index (χ1n) is 13.6. The topological polar surface area (TPSA) is 86.8 Å². The van der Waals surface area contributed by atoms with Crippen LogP contribution in [-0.2, 0) is 26.2 Å². The standard InChI is InChI=1S/C31H36ClN3O4S/c1-23-28(32)19-12-20-29(23)35(40(38,39)27-17-10-5-11-18-27)22-30(36)34(21-25-13-6-3-7-14-25)24(2)31(37)33-26-15-8-4-9-16-26/h3,5-7,10-14,17-20,24,26H,4,8-9,15-16,21-22H2,1-2H3,(H,33,37)/t24-/m1/s1. The van der Waals surface area contributed by atoms with Crippen LogP contribution in [0.4, 0.5) is 5.69 Å². The number of rotatable bonds is 10. The molecule has 1 atom stereocenters. The molecular weight excluding hydrogens is 546 g/mol. The van der Waals surface area contributed by atoms with Gasteiger partial charge in [-0.2, -0.15) is 0 Å². The summed E-state index contributed by atoms with van der Waals surface area (Å²) in [7, 11) is -4.14. The van der Waals surface area contributed by atoms with Gasteiger partial charge in [-0.25, -0.2) is 8.42 Å². The monoisotopic (exact) mass is 581 g/mol. The minimum atomic E-state index is -4.14. The van der Waals surface area contributed by atoms with Gasteiger partial charge in [0, 0.05) is 17.6 Å². The third-order valence-corrected chi connectivity index (χ3v) is 9.62. The van der Waals surface area contributed by atoms with Crippen LogP contribution in [0.2, 0.25) is 5.02 Å². The van der Waals surface area contributed by atoms with E-state index in [0.29, 0.717) is 16.3 Å². The van der Waals surface area contributed by atoms with Gasteiger partial charge in [0.1, 0.15) is 12.6 Å². The molecule has 0 aromatic heterocycles. The van der Waals surface area contributed by atoms with Gasteiger partial charge in [-0.15, -0.1) is 0 Å². The minimum Gasteiger partial charge on any atom is -0.352 e. The fourth-order valence-electron chi connectivity index (χ4n) is 5.03. The average molecular weight is 582 g/mol. The van der Waals surface area contributed by atoms with Gasteiger partial charge in [0.15, 0.2) is 0 Å². The molecule has 3 aromatic carbocycles. The normalized spacial score (nSPS) is 14.8. The molecule has 212 valence electrons. The number of benzene rings is 3. The summed E-state index contributed by atoms with van der Waals surface area (Å²) >= 11 is 6.38. The number of sulfonamides is 1. The Bertz CT molecular complexity index is 1410. The van der Waals surface area contributed by atoms with Crippen LogP contribution in [-0.4, -0.2) is 43.8 Å². The molecular formula is C31H36ClN3O4S. The molecule has 40 heavy (non-hydrogen) atoms. The molecule has 0 heterocycles. The third-order valence-electron chi connectivity index (χ3n) is 7.43. The van der Waals surface area contributed by atoms with Gasteiger partial charge in [-0.05, 0) is 62.1 Å². The molecule has 1 aliphatic rings. The highest BCUT2D eigenvalue weighted by atomic mass is 35.5. The Balaban J connectivity index is 1.68. The van der Waals surface area contributed by atoms with Crippen molar-refractivity contribution < 1.29 is 18.0 Å². The molecule has 3 aromatic rings. The fraction of sp³-hybridized carbons (Fsp3) is 0.355. The van der Waals surface area contributed by atoms with Crippen molar-refractivity contribution in [3.63, 3.8) is 0 Å². The number of hydrogen-bond donors (Lipinski definition) is 1. The fourth-order valence-corrected chi connectivity index (χ4v) is 6.69. The highest BCUT2D eigenvalue weighted by molar-refractivity contribution is 7.92. The van der Waals surface area contributed by atoms with E-state index in [1.807, 2.05) is 30.3 Å². The van der Waals surface area contributed by atoms with Crippen molar-refractivity contribution in [1.29, 1.82) is 0 Å². The third kappa shape index (κ3) is 7.04. The van der Waals surface area contributed by atoms with Gasteiger partial charge in [0.2, 0.25) is 11.8 Å². The second-order valence-corrected chi connectivity index (χ2v) is 12.5. The van der Waals surface area contributed by atoms with Crippen LogP contribution in [0.3, 0.4) is 0 Å². The number of amides is 2. The van der Waals surface area contributed by atoms with Crippen molar-refractivity contribution >= 4 is 39.1 Å². The number of anilines is 1. The lowest BCUT2D eigenvalue weighted by atomic mass is 9.95. The first kappa shape index (κ1) is 29.6. The van der Waals surface area contributed by atoms with Crippen LogP contribution in [0.1, 0.15) is 50.2 Å². The molecule has 1 fully saturated rings. The maximum Gasteiger partial charge on any atom is 0.264 e. The first-order chi connectivity index (χ1) is 19.2. The van der Waals surface area contributed by atoms with E-state index in [9.17, 15) is 18.0 Å². The lowest BCUT2D eigenvalue weighted by molar-refractivity contribution is -0.139. The van der Waals surface area contributed by atoms with Gasteiger partial charge in [0.05, 0.1) is 10.6 Å².